The number of nitrogens with zero attached hydrogens (tertiary/aromatic N) is 1. The SMILES string of the molecule is CC(C)(C)OC(=O)N1CC[C@H](S(=O)[O-])C1.[Na+]. The van der Waals surface area contributed by atoms with Crippen molar-refractivity contribution >= 4 is 17.2 Å². The minimum atomic E-state index is -2.10. The summed E-state index contributed by atoms with van der Waals surface area (Å²) < 4.78 is 26.5. The first kappa shape index (κ1) is 16.4. The van der Waals surface area contributed by atoms with E-state index in [0.717, 1.165) is 0 Å². The van der Waals surface area contributed by atoms with E-state index in [4.69, 9.17) is 4.74 Å². The molecule has 1 rings (SSSR count). The second-order valence-corrected chi connectivity index (χ2v) is 5.79. The van der Waals surface area contributed by atoms with Gasteiger partial charge in [0.25, 0.3) is 0 Å². The molecule has 0 aromatic rings. The molecule has 0 N–H and O–H groups in total. The third-order valence-electron chi connectivity index (χ3n) is 2.07. The maximum atomic E-state index is 11.5. The summed E-state index contributed by atoms with van der Waals surface area (Å²) in [5.41, 5.74) is -0.536. The molecular weight excluding hydrogens is 241 g/mol. The van der Waals surface area contributed by atoms with Gasteiger partial charge in [-0.1, -0.05) is 11.1 Å². The van der Waals surface area contributed by atoms with E-state index in [0.29, 0.717) is 13.0 Å². The number of hydrogen-bond acceptors (Lipinski definition) is 4. The van der Waals surface area contributed by atoms with Crippen molar-refractivity contribution in [2.45, 2.75) is 38.0 Å². The maximum absolute atomic E-state index is 11.5. The summed E-state index contributed by atoms with van der Waals surface area (Å²) in [6.45, 7) is 6.04. The van der Waals surface area contributed by atoms with E-state index >= 15 is 0 Å². The van der Waals surface area contributed by atoms with Crippen LogP contribution in [0.4, 0.5) is 4.79 Å². The van der Waals surface area contributed by atoms with E-state index in [1.807, 2.05) is 0 Å². The van der Waals surface area contributed by atoms with Gasteiger partial charge in [-0.05, 0) is 27.2 Å². The normalized spacial score (nSPS) is 22.5. The Kier molecular flexibility index (Phi) is 6.50. The third-order valence-corrected chi connectivity index (χ3v) is 3.00. The fourth-order valence-corrected chi connectivity index (χ4v) is 1.98. The molecule has 0 aliphatic carbocycles. The summed E-state index contributed by atoms with van der Waals surface area (Å²) in [4.78, 5) is 13.0. The van der Waals surface area contributed by atoms with Crippen LogP contribution in [-0.2, 0) is 15.8 Å². The van der Waals surface area contributed by atoms with Crippen molar-refractivity contribution in [3.63, 3.8) is 0 Å². The van der Waals surface area contributed by atoms with Crippen molar-refractivity contribution in [1.29, 1.82) is 0 Å². The monoisotopic (exact) mass is 257 g/mol. The molecule has 0 spiro atoms. The molecule has 88 valence electrons. The van der Waals surface area contributed by atoms with Gasteiger partial charge in [0, 0.05) is 18.3 Å². The quantitative estimate of drug-likeness (QED) is 0.398. The van der Waals surface area contributed by atoms with Crippen LogP contribution >= 0.6 is 0 Å². The molecule has 1 aliphatic heterocycles. The van der Waals surface area contributed by atoms with Gasteiger partial charge >= 0.3 is 35.7 Å². The molecule has 1 saturated heterocycles. The topological polar surface area (TPSA) is 69.7 Å². The molecule has 1 heterocycles. The summed E-state index contributed by atoms with van der Waals surface area (Å²) in [7, 11) is 0. The molecule has 1 fully saturated rings. The average Bonchev–Trinajstić information content (AvgIpc) is 2.47. The fourth-order valence-electron chi connectivity index (χ4n) is 1.38. The van der Waals surface area contributed by atoms with Gasteiger partial charge in [-0.3, -0.25) is 4.21 Å². The predicted molar refractivity (Wildman–Crippen MR) is 55.1 cm³/mol. The van der Waals surface area contributed by atoms with E-state index in [2.05, 4.69) is 0 Å². The Balaban J connectivity index is 0.00000225. The number of likely N-dealkylation sites (tertiary alicyclic amines) is 1. The minimum absolute atomic E-state index is 0. The maximum Gasteiger partial charge on any atom is 1.00 e. The van der Waals surface area contributed by atoms with Crippen LogP contribution in [0.1, 0.15) is 27.2 Å². The molecular formula is C9H16NNaO4S. The smallest absolute Gasteiger partial charge is 0.772 e. The average molecular weight is 257 g/mol. The Morgan fingerprint density at radius 1 is 1.50 bits per heavy atom. The Labute approximate surface area is 120 Å². The number of rotatable bonds is 1. The Bertz CT molecular complexity index is 279. The number of carbonyl (C=O) groups excluding carboxylic acids is 1. The van der Waals surface area contributed by atoms with Gasteiger partial charge in [0.2, 0.25) is 0 Å². The first-order valence-electron chi connectivity index (χ1n) is 4.85. The molecule has 0 bridgehead atoms. The van der Waals surface area contributed by atoms with Crippen molar-refractivity contribution in [2.24, 2.45) is 0 Å². The standard InChI is InChI=1S/C9H17NO4S.Na/c1-9(2,3)14-8(11)10-5-4-7(6-10)15(12)13;/h7H,4-6H2,1-3H3,(H,12,13);/q;+1/p-1/t7-;/m0./s1. The van der Waals surface area contributed by atoms with E-state index in [1.165, 1.54) is 4.90 Å². The van der Waals surface area contributed by atoms with Gasteiger partial charge in [0.15, 0.2) is 0 Å². The van der Waals surface area contributed by atoms with Gasteiger partial charge in [-0.25, -0.2) is 4.79 Å². The van der Waals surface area contributed by atoms with Crippen LogP contribution in [0.2, 0.25) is 0 Å². The van der Waals surface area contributed by atoms with E-state index in [-0.39, 0.29) is 36.1 Å². The summed E-state index contributed by atoms with van der Waals surface area (Å²) in [5, 5.41) is -0.447. The van der Waals surface area contributed by atoms with Crippen LogP contribution in [0, 0.1) is 0 Å². The molecule has 1 aliphatic rings. The summed E-state index contributed by atoms with van der Waals surface area (Å²) in [6.07, 6.45) is 0.0606. The molecule has 0 aromatic heterocycles. The van der Waals surface area contributed by atoms with E-state index < -0.39 is 28.0 Å². The molecule has 0 aromatic carbocycles. The number of hydrogen-bond donors (Lipinski definition) is 0. The predicted octanol–water partition coefficient (Wildman–Crippen LogP) is -2.12. The van der Waals surface area contributed by atoms with Crippen LogP contribution < -0.4 is 29.6 Å². The first-order chi connectivity index (χ1) is 6.79. The van der Waals surface area contributed by atoms with E-state index in [9.17, 15) is 13.6 Å². The van der Waals surface area contributed by atoms with Crippen LogP contribution in [-0.4, -0.2) is 43.7 Å². The Morgan fingerprint density at radius 2 is 2.06 bits per heavy atom. The summed E-state index contributed by atoms with van der Waals surface area (Å²) in [6, 6.07) is 0. The minimum Gasteiger partial charge on any atom is -0.772 e. The summed E-state index contributed by atoms with van der Waals surface area (Å²) >= 11 is -2.10. The fraction of sp³-hybridized carbons (Fsp3) is 0.889. The second kappa shape index (κ2) is 6.35. The van der Waals surface area contributed by atoms with Crippen LogP contribution in [0.15, 0.2) is 0 Å². The Morgan fingerprint density at radius 3 is 2.44 bits per heavy atom. The van der Waals surface area contributed by atoms with E-state index in [1.54, 1.807) is 20.8 Å². The molecule has 1 amide bonds. The van der Waals surface area contributed by atoms with Gasteiger partial charge in [-0.15, -0.1) is 0 Å². The number of amides is 1. The largest absolute Gasteiger partial charge is 1.00 e. The zero-order valence-corrected chi connectivity index (χ0v) is 13.0. The molecule has 16 heavy (non-hydrogen) atoms. The van der Waals surface area contributed by atoms with Crippen molar-refractivity contribution < 1.29 is 47.9 Å². The molecule has 7 heteroatoms. The van der Waals surface area contributed by atoms with Gasteiger partial charge in [0.1, 0.15) is 5.60 Å². The second-order valence-electron chi connectivity index (χ2n) is 4.60. The number of carbonyl (C=O) groups is 1. The molecule has 5 nitrogen and oxygen atoms in total. The third kappa shape index (κ3) is 5.14. The van der Waals surface area contributed by atoms with Crippen LogP contribution in [0.3, 0.4) is 0 Å². The zero-order valence-electron chi connectivity index (χ0n) is 10.2. The first-order valence-corrected chi connectivity index (χ1v) is 5.99. The van der Waals surface area contributed by atoms with Crippen LogP contribution in [0.25, 0.3) is 0 Å². The zero-order chi connectivity index (χ0) is 11.6. The van der Waals surface area contributed by atoms with Crippen LogP contribution in [0.5, 0.6) is 0 Å². The van der Waals surface area contributed by atoms with Crippen molar-refractivity contribution in [3.8, 4) is 0 Å². The van der Waals surface area contributed by atoms with Gasteiger partial charge < -0.3 is 14.2 Å². The van der Waals surface area contributed by atoms with Crippen molar-refractivity contribution in [1.82, 2.24) is 4.90 Å². The molecule has 2 atom stereocenters. The Hall–Kier alpha value is 0.380. The molecule has 1 unspecified atom stereocenters. The van der Waals surface area contributed by atoms with Crippen molar-refractivity contribution in [2.75, 3.05) is 13.1 Å². The number of ether oxygens (including phenoxy) is 1. The van der Waals surface area contributed by atoms with Gasteiger partial charge in [-0.2, -0.15) is 0 Å². The summed E-state index contributed by atoms with van der Waals surface area (Å²) in [5.74, 6) is 0. The molecule has 0 radical (unpaired) electrons. The molecule has 0 saturated carbocycles. The van der Waals surface area contributed by atoms with Crippen molar-refractivity contribution in [3.05, 3.63) is 0 Å². The van der Waals surface area contributed by atoms with Gasteiger partial charge in [0.05, 0.1) is 0 Å².